The predicted octanol–water partition coefficient (Wildman–Crippen LogP) is 4.96. The van der Waals surface area contributed by atoms with Gasteiger partial charge < -0.3 is 14.1 Å². The number of nitrogens with zero attached hydrogens (tertiary/aromatic N) is 4. The van der Waals surface area contributed by atoms with Gasteiger partial charge in [0.1, 0.15) is 10.7 Å². The van der Waals surface area contributed by atoms with E-state index in [0.29, 0.717) is 5.52 Å². The summed E-state index contributed by atoms with van der Waals surface area (Å²) in [5.74, 6) is -2.84. The normalized spacial score (nSPS) is 11.4. The molecule has 2 aromatic carbocycles. The third-order valence-corrected chi connectivity index (χ3v) is 4.38. The molecule has 0 atom stereocenters. The highest BCUT2D eigenvalue weighted by Gasteiger charge is 2.20. The van der Waals surface area contributed by atoms with Crippen LogP contribution in [-0.2, 0) is 6.54 Å². The lowest BCUT2D eigenvalue weighted by molar-refractivity contribution is -0.402. The van der Waals surface area contributed by atoms with Crippen molar-refractivity contribution in [3.05, 3.63) is 87.9 Å². The molecule has 0 saturated carbocycles. The van der Waals surface area contributed by atoms with E-state index in [-0.39, 0.29) is 29.3 Å². The zero-order valence-electron chi connectivity index (χ0n) is 15.2. The van der Waals surface area contributed by atoms with Crippen molar-refractivity contribution in [3.63, 3.8) is 0 Å². The molecule has 0 radical (unpaired) electrons. The summed E-state index contributed by atoms with van der Waals surface area (Å²) in [5, 5.41) is 28.9. The van der Waals surface area contributed by atoms with Crippen molar-refractivity contribution in [1.29, 1.82) is 0 Å². The average Bonchev–Trinajstić information content (AvgIpc) is 3.32. The second-order valence-electron chi connectivity index (χ2n) is 6.31. The lowest BCUT2D eigenvalue weighted by atomic mass is 10.2. The zero-order valence-corrected chi connectivity index (χ0v) is 15.2. The number of azo groups is 1. The van der Waals surface area contributed by atoms with Gasteiger partial charge >= 0.3 is 11.8 Å². The molecule has 0 aliphatic heterocycles. The number of benzene rings is 2. The highest BCUT2D eigenvalue weighted by atomic mass is 19.1. The summed E-state index contributed by atoms with van der Waals surface area (Å²) in [7, 11) is 0. The number of furan rings is 1. The van der Waals surface area contributed by atoms with Gasteiger partial charge in [0.2, 0.25) is 11.6 Å². The Morgan fingerprint density at radius 1 is 1.17 bits per heavy atom. The largest absolute Gasteiger partial charge is 0.493 e. The maximum atomic E-state index is 13.8. The molecule has 150 valence electrons. The van der Waals surface area contributed by atoms with Crippen LogP contribution in [0.25, 0.3) is 10.9 Å². The van der Waals surface area contributed by atoms with E-state index in [4.69, 9.17) is 4.42 Å². The van der Waals surface area contributed by atoms with Crippen molar-refractivity contribution >= 4 is 28.4 Å². The number of rotatable bonds is 5. The van der Waals surface area contributed by atoms with Crippen molar-refractivity contribution in [2.75, 3.05) is 0 Å². The summed E-state index contributed by atoms with van der Waals surface area (Å²) >= 11 is 0. The standard InChI is InChI=1S/C20H13FN4O5/c21-13-6-7-15-14(10-13)18(20(27)24(15)11-12-4-2-1-3-5-12)22-23-19(26)16-8-9-17(30-16)25(28)29/h1-10,27H,11H2. The fourth-order valence-corrected chi connectivity index (χ4v) is 3.01. The monoisotopic (exact) mass is 408 g/mol. The molecule has 2 aromatic heterocycles. The van der Waals surface area contributed by atoms with Crippen molar-refractivity contribution < 1.29 is 23.6 Å². The number of hydrogen-bond acceptors (Lipinski definition) is 6. The summed E-state index contributed by atoms with van der Waals surface area (Å²) in [6.45, 7) is 0.280. The number of amides is 1. The van der Waals surface area contributed by atoms with E-state index in [1.54, 1.807) is 0 Å². The Labute approximate surface area is 167 Å². The lowest BCUT2D eigenvalue weighted by Gasteiger charge is -2.07. The second kappa shape index (κ2) is 7.59. The molecule has 0 aliphatic carbocycles. The van der Waals surface area contributed by atoms with Crippen molar-refractivity contribution in [2.24, 2.45) is 10.2 Å². The van der Waals surface area contributed by atoms with Gasteiger partial charge in [0, 0.05) is 5.39 Å². The lowest BCUT2D eigenvalue weighted by Crippen LogP contribution is -1.98. The van der Waals surface area contributed by atoms with Gasteiger partial charge in [0.25, 0.3) is 0 Å². The molecule has 30 heavy (non-hydrogen) atoms. The van der Waals surface area contributed by atoms with Crippen molar-refractivity contribution in [2.45, 2.75) is 6.54 Å². The molecule has 4 aromatic rings. The number of halogens is 1. The first-order valence-electron chi connectivity index (χ1n) is 8.69. The number of fused-ring (bicyclic) bond motifs is 1. The van der Waals surface area contributed by atoms with Crippen LogP contribution in [0, 0.1) is 15.9 Å². The summed E-state index contributed by atoms with van der Waals surface area (Å²) in [4.78, 5) is 22.0. The molecule has 4 rings (SSSR count). The quantitative estimate of drug-likeness (QED) is 0.284. The number of carbonyl (C=O) groups is 1. The van der Waals surface area contributed by atoms with Gasteiger partial charge in [0.05, 0.1) is 18.1 Å². The molecular formula is C20H13FN4O5. The summed E-state index contributed by atoms with van der Waals surface area (Å²) in [6.07, 6.45) is 0. The molecule has 0 spiro atoms. The molecule has 1 N–H and O–H groups in total. The maximum Gasteiger partial charge on any atom is 0.433 e. The molecule has 1 amide bonds. The van der Waals surface area contributed by atoms with Gasteiger partial charge in [0.15, 0.2) is 5.69 Å². The summed E-state index contributed by atoms with van der Waals surface area (Å²) < 4.78 is 20.1. The molecule has 0 aliphatic rings. The fourth-order valence-electron chi connectivity index (χ4n) is 3.01. The highest BCUT2D eigenvalue weighted by Crippen LogP contribution is 2.39. The van der Waals surface area contributed by atoms with E-state index in [1.807, 2.05) is 30.3 Å². The molecule has 2 heterocycles. The van der Waals surface area contributed by atoms with Crippen LogP contribution >= 0.6 is 0 Å². The molecule has 0 saturated heterocycles. The smallest absolute Gasteiger partial charge is 0.433 e. The van der Waals surface area contributed by atoms with E-state index in [2.05, 4.69) is 10.2 Å². The Morgan fingerprint density at radius 3 is 2.63 bits per heavy atom. The van der Waals surface area contributed by atoms with Gasteiger partial charge in [-0.2, -0.15) is 0 Å². The van der Waals surface area contributed by atoms with Crippen LogP contribution in [0.1, 0.15) is 16.1 Å². The first-order valence-corrected chi connectivity index (χ1v) is 8.69. The van der Waals surface area contributed by atoms with Gasteiger partial charge in [-0.15, -0.1) is 10.2 Å². The third kappa shape index (κ3) is 3.53. The first-order chi connectivity index (χ1) is 14.4. The molecular weight excluding hydrogens is 395 g/mol. The molecule has 0 unspecified atom stereocenters. The minimum absolute atomic E-state index is 0.102. The molecule has 0 fully saturated rings. The third-order valence-electron chi connectivity index (χ3n) is 4.38. The minimum Gasteiger partial charge on any atom is -0.493 e. The molecule has 10 heteroatoms. The average molecular weight is 408 g/mol. The predicted molar refractivity (Wildman–Crippen MR) is 103 cm³/mol. The van der Waals surface area contributed by atoms with Crippen LogP contribution in [0.2, 0.25) is 0 Å². The number of aromatic nitrogens is 1. The Morgan fingerprint density at radius 2 is 1.93 bits per heavy atom. The molecule has 9 nitrogen and oxygen atoms in total. The van der Waals surface area contributed by atoms with E-state index < -0.39 is 22.5 Å². The van der Waals surface area contributed by atoms with Crippen LogP contribution in [0.5, 0.6) is 5.88 Å². The Kier molecular flexibility index (Phi) is 4.80. The fraction of sp³-hybridized carbons (Fsp3) is 0.0500. The molecule has 0 bridgehead atoms. The van der Waals surface area contributed by atoms with Crippen LogP contribution < -0.4 is 0 Å². The minimum atomic E-state index is -0.983. The maximum absolute atomic E-state index is 13.8. The van der Waals surface area contributed by atoms with E-state index in [1.165, 1.54) is 22.8 Å². The summed E-state index contributed by atoms with van der Waals surface area (Å²) in [6, 6.07) is 15.3. The Hall–Kier alpha value is -4.34. The topological polar surface area (TPSA) is 123 Å². The van der Waals surface area contributed by atoms with Crippen LogP contribution in [-0.4, -0.2) is 20.5 Å². The SMILES string of the molecule is O=C(N=Nc1c(O)n(Cc2ccccc2)c2ccc(F)cc12)c1ccc([N+](=O)[O-])o1. The van der Waals surface area contributed by atoms with Gasteiger partial charge in [-0.3, -0.25) is 14.9 Å². The Balaban J connectivity index is 1.73. The summed E-state index contributed by atoms with van der Waals surface area (Å²) in [5.41, 5.74) is 1.28. The zero-order chi connectivity index (χ0) is 21.3. The number of aromatic hydroxyl groups is 1. The van der Waals surface area contributed by atoms with Crippen LogP contribution in [0.3, 0.4) is 0 Å². The van der Waals surface area contributed by atoms with Gasteiger partial charge in [-0.1, -0.05) is 30.3 Å². The highest BCUT2D eigenvalue weighted by molar-refractivity contribution is 5.96. The van der Waals surface area contributed by atoms with Crippen LogP contribution in [0.15, 0.2) is 75.3 Å². The van der Waals surface area contributed by atoms with Gasteiger partial charge in [-0.05, 0) is 29.8 Å². The van der Waals surface area contributed by atoms with Crippen LogP contribution in [0.4, 0.5) is 16.0 Å². The number of nitro groups is 1. The Bertz CT molecular complexity index is 1290. The second-order valence-corrected chi connectivity index (χ2v) is 6.31. The van der Waals surface area contributed by atoms with E-state index >= 15 is 0 Å². The van der Waals surface area contributed by atoms with E-state index in [9.17, 15) is 24.4 Å². The van der Waals surface area contributed by atoms with E-state index in [0.717, 1.165) is 17.7 Å². The number of hydrogen-bond donors (Lipinski definition) is 1. The number of carbonyl (C=O) groups excluding carboxylic acids is 1. The first kappa shape index (κ1) is 19.0. The van der Waals surface area contributed by atoms with Crippen molar-refractivity contribution in [3.8, 4) is 5.88 Å². The van der Waals surface area contributed by atoms with Gasteiger partial charge in [-0.25, -0.2) is 4.39 Å². The van der Waals surface area contributed by atoms with Crippen molar-refractivity contribution in [1.82, 2.24) is 4.57 Å².